The number of aryl methyl sites for hydroxylation is 1. The molecule has 0 bridgehead atoms. The van der Waals surface area contributed by atoms with Crippen LogP contribution in [0.4, 0.5) is 0 Å². The van der Waals surface area contributed by atoms with Crippen LogP contribution >= 0.6 is 15.9 Å². The van der Waals surface area contributed by atoms with Gasteiger partial charge in [-0.2, -0.15) is 0 Å². The van der Waals surface area contributed by atoms with Crippen LogP contribution in [0, 0.1) is 0 Å². The normalized spacial score (nSPS) is 10.5. The summed E-state index contributed by atoms with van der Waals surface area (Å²) in [7, 11) is 0. The Morgan fingerprint density at radius 3 is 2.45 bits per heavy atom. The molecule has 4 heteroatoms. The smallest absolute Gasteiger partial charge is 0.290 e. The van der Waals surface area contributed by atoms with Crippen LogP contribution in [-0.2, 0) is 13.1 Å². The first-order valence-corrected chi connectivity index (χ1v) is 7.93. The monoisotopic (exact) mass is 420 g/mol. The molecule has 0 aliphatic carbocycles. The van der Waals surface area contributed by atoms with Gasteiger partial charge in [0.15, 0.2) is 11.0 Å². The zero-order valence-electron chi connectivity index (χ0n) is 12.5. The SMILES string of the molecule is C=CC[n+]1c(-c2ccc(Br)cc2)n(CC)c2ccccc21.[Br-]. The Bertz CT molecular complexity index is 789. The van der Waals surface area contributed by atoms with E-state index < -0.39 is 0 Å². The van der Waals surface area contributed by atoms with E-state index in [4.69, 9.17) is 0 Å². The number of hydrogen-bond acceptors (Lipinski definition) is 0. The number of imidazole rings is 1. The highest BCUT2D eigenvalue weighted by Crippen LogP contribution is 2.24. The van der Waals surface area contributed by atoms with Gasteiger partial charge in [-0.15, -0.1) is 0 Å². The molecule has 3 aromatic rings. The van der Waals surface area contributed by atoms with Gasteiger partial charge in [0.25, 0.3) is 5.82 Å². The molecule has 0 unspecified atom stereocenters. The van der Waals surface area contributed by atoms with E-state index in [2.05, 4.69) is 87.1 Å². The molecule has 0 aliphatic rings. The lowest BCUT2D eigenvalue weighted by atomic mass is 10.2. The maximum absolute atomic E-state index is 3.91. The summed E-state index contributed by atoms with van der Waals surface area (Å²) in [6, 6.07) is 17.0. The van der Waals surface area contributed by atoms with Crippen molar-refractivity contribution in [1.29, 1.82) is 0 Å². The predicted octanol–water partition coefficient (Wildman–Crippen LogP) is 1.57. The van der Waals surface area contributed by atoms with Gasteiger partial charge in [0.05, 0.1) is 12.1 Å². The Morgan fingerprint density at radius 2 is 1.82 bits per heavy atom. The number of rotatable bonds is 4. The fraction of sp³-hybridized carbons (Fsp3) is 0.167. The minimum atomic E-state index is 0. The molecule has 0 radical (unpaired) electrons. The molecule has 2 aromatic carbocycles. The minimum absolute atomic E-state index is 0. The molecule has 0 spiro atoms. The second kappa shape index (κ2) is 7.25. The average molecular weight is 422 g/mol. The molecule has 0 amide bonds. The fourth-order valence-electron chi connectivity index (χ4n) is 2.84. The number of nitrogens with zero attached hydrogens (tertiary/aromatic N) is 2. The number of benzene rings is 2. The Kier molecular flexibility index (Phi) is 5.59. The molecule has 0 atom stereocenters. The van der Waals surface area contributed by atoms with E-state index in [1.54, 1.807) is 0 Å². The van der Waals surface area contributed by atoms with Crippen LogP contribution in [0.25, 0.3) is 22.4 Å². The maximum Gasteiger partial charge on any atom is 0.290 e. The number of para-hydroxylation sites is 2. The molecule has 1 aromatic heterocycles. The molecule has 1 heterocycles. The lowest BCUT2D eigenvalue weighted by molar-refractivity contribution is -0.650. The first kappa shape index (κ1) is 17.0. The van der Waals surface area contributed by atoms with Crippen LogP contribution in [-0.4, -0.2) is 4.57 Å². The maximum atomic E-state index is 3.91. The average Bonchev–Trinajstić information content (AvgIpc) is 2.83. The number of hydrogen-bond donors (Lipinski definition) is 0. The van der Waals surface area contributed by atoms with Crippen molar-refractivity contribution in [2.24, 2.45) is 0 Å². The van der Waals surface area contributed by atoms with E-state index in [0.29, 0.717) is 0 Å². The molecule has 2 nitrogen and oxygen atoms in total. The quantitative estimate of drug-likeness (QED) is 0.446. The van der Waals surface area contributed by atoms with Crippen molar-refractivity contribution in [3.05, 3.63) is 65.7 Å². The Balaban J connectivity index is 0.00000176. The molecule has 114 valence electrons. The van der Waals surface area contributed by atoms with E-state index in [1.807, 2.05) is 6.08 Å². The van der Waals surface area contributed by atoms with Gasteiger partial charge in [0, 0.05) is 4.47 Å². The van der Waals surface area contributed by atoms with Crippen LogP contribution in [0.2, 0.25) is 0 Å². The van der Waals surface area contributed by atoms with Gasteiger partial charge < -0.3 is 17.0 Å². The molecule has 0 N–H and O–H groups in total. The number of halogens is 2. The first-order chi connectivity index (χ1) is 10.3. The number of allylic oxidation sites excluding steroid dienone is 1. The lowest BCUT2D eigenvalue weighted by Gasteiger charge is -2.03. The van der Waals surface area contributed by atoms with Crippen LogP contribution in [0.3, 0.4) is 0 Å². The zero-order chi connectivity index (χ0) is 14.8. The predicted molar refractivity (Wildman–Crippen MR) is 91.1 cm³/mol. The summed E-state index contributed by atoms with van der Waals surface area (Å²) in [5.41, 5.74) is 3.73. The topological polar surface area (TPSA) is 8.81 Å². The molecular formula is C18H18Br2N2. The van der Waals surface area contributed by atoms with Gasteiger partial charge in [-0.25, -0.2) is 9.13 Å². The molecular weight excluding hydrogens is 404 g/mol. The Hall–Kier alpha value is -1.39. The number of aromatic nitrogens is 2. The lowest BCUT2D eigenvalue weighted by Crippen LogP contribution is -3.00. The van der Waals surface area contributed by atoms with Crippen LogP contribution in [0.5, 0.6) is 0 Å². The van der Waals surface area contributed by atoms with Gasteiger partial charge in [-0.1, -0.05) is 40.7 Å². The molecule has 0 aliphatic heterocycles. The van der Waals surface area contributed by atoms with E-state index in [9.17, 15) is 0 Å². The molecule has 0 saturated carbocycles. The van der Waals surface area contributed by atoms with Crippen molar-refractivity contribution in [2.45, 2.75) is 20.0 Å². The summed E-state index contributed by atoms with van der Waals surface area (Å²) < 4.78 is 5.79. The largest absolute Gasteiger partial charge is 1.00 e. The van der Waals surface area contributed by atoms with Gasteiger partial charge in [0.2, 0.25) is 0 Å². The fourth-order valence-corrected chi connectivity index (χ4v) is 3.10. The van der Waals surface area contributed by atoms with Crippen LogP contribution in [0.1, 0.15) is 6.92 Å². The first-order valence-electron chi connectivity index (χ1n) is 7.14. The highest BCUT2D eigenvalue weighted by Gasteiger charge is 2.24. The van der Waals surface area contributed by atoms with Crippen molar-refractivity contribution < 1.29 is 21.5 Å². The highest BCUT2D eigenvalue weighted by molar-refractivity contribution is 9.10. The van der Waals surface area contributed by atoms with Crippen molar-refractivity contribution >= 4 is 27.0 Å². The number of fused-ring (bicyclic) bond motifs is 1. The zero-order valence-corrected chi connectivity index (χ0v) is 15.6. The van der Waals surface area contributed by atoms with Crippen molar-refractivity contribution in [2.75, 3.05) is 0 Å². The van der Waals surface area contributed by atoms with Crippen molar-refractivity contribution in [1.82, 2.24) is 4.57 Å². The Morgan fingerprint density at radius 1 is 1.14 bits per heavy atom. The molecule has 0 saturated heterocycles. The summed E-state index contributed by atoms with van der Waals surface area (Å²) in [6.07, 6.45) is 1.95. The Labute approximate surface area is 150 Å². The molecule has 0 fully saturated rings. The standard InChI is InChI=1S/C18H18BrN2.BrH/c1-3-13-21-17-8-6-5-7-16(17)20(4-2)18(21)14-9-11-15(19)12-10-14;/h3,5-12H,1,4,13H2,2H3;1H/q+1;/p-1. The summed E-state index contributed by atoms with van der Waals surface area (Å²) >= 11 is 3.51. The van der Waals surface area contributed by atoms with Gasteiger partial charge >= 0.3 is 0 Å². The third-order valence-corrected chi connectivity index (χ3v) is 4.23. The third kappa shape index (κ3) is 2.90. The summed E-state index contributed by atoms with van der Waals surface area (Å²) in [6.45, 7) is 7.84. The second-order valence-corrected chi connectivity index (χ2v) is 5.88. The molecule has 22 heavy (non-hydrogen) atoms. The molecule has 3 rings (SSSR count). The second-order valence-electron chi connectivity index (χ2n) is 4.96. The van der Waals surface area contributed by atoms with Gasteiger partial charge in [-0.3, -0.25) is 0 Å². The summed E-state index contributed by atoms with van der Waals surface area (Å²) in [5, 5.41) is 0. The summed E-state index contributed by atoms with van der Waals surface area (Å²) in [4.78, 5) is 0. The van der Waals surface area contributed by atoms with Crippen molar-refractivity contribution in [3.63, 3.8) is 0 Å². The van der Waals surface area contributed by atoms with Gasteiger partial charge in [0.1, 0.15) is 6.54 Å². The minimum Gasteiger partial charge on any atom is -1.00 e. The van der Waals surface area contributed by atoms with E-state index in [0.717, 1.165) is 17.6 Å². The third-order valence-electron chi connectivity index (χ3n) is 3.70. The highest BCUT2D eigenvalue weighted by atomic mass is 79.9. The van der Waals surface area contributed by atoms with Gasteiger partial charge in [-0.05, 0) is 43.3 Å². The van der Waals surface area contributed by atoms with E-state index >= 15 is 0 Å². The van der Waals surface area contributed by atoms with E-state index in [-0.39, 0.29) is 17.0 Å². The summed E-state index contributed by atoms with van der Waals surface area (Å²) in [5.74, 6) is 1.23. The van der Waals surface area contributed by atoms with Crippen LogP contribution < -0.4 is 21.5 Å². The van der Waals surface area contributed by atoms with Crippen LogP contribution in [0.15, 0.2) is 65.7 Å². The van der Waals surface area contributed by atoms with E-state index in [1.165, 1.54) is 22.4 Å². The van der Waals surface area contributed by atoms with Crippen molar-refractivity contribution in [3.8, 4) is 11.4 Å².